The first-order valence-electron chi connectivity index (χ1n) is 4.83. The van der Waals surface area contributed by atoms with Crippen LogP contribution in [0.2, 0.25) is 0 Å². The Morgan fingerprint density at radius 2 is 1.71 bits per heavy atom. The van der Waals surface area contributed by atoms with Crippen LogP contribution in [-0.4, -0.2) is 0 Å². The first kappa shape index (κ1) is 12.4. The molecule has 0 saturated heterocycles. The van der Waals surface area contributed by atoms with Gasteiger partial charge in [0.2, 0.25) is 0 Å². The van der Waals surface area contributed by atoms with Gasteiger partial charge in [0.05, 0.1) is 11.4 Å². The summed E-state index contributed by atoms with van der Waals surface area (Å²) in [4.78, 5) is 0. The van der Waals surface area contributed by atoms with E-state index in [1.54, 1.807) is 30.3 Å². The lowest BCUT2D eigenvalue weighted by Gasteiger charge is -2.10. The van der Waals surface area contributed by atoms with Crippen LogP contribution >= 0.6 is 31.9 Å². The van der Waals surface area contributed by atoms with E-state index in [0.29, 0.717) is 15.8 Å². The zero-order valence-electron chi connectivity index (χ0n) is 8.68. The second kappa shape index (κ2) is 5.06. The maximum Gasteiger partial charge on any atom is 0.147 e. The minimum atomic E-state index is -0.317. The van der Waals surface area contributed by atoms with Crippen LogP contribution in [0.25, 0.3) is 0 Å². The number of hydrogen-bond acceptors (Lipinski definition) is 2. The monoisotopic (exact) mass is 358 g/mol. The molecule has 2 rings (SSSR count). The van der Waals surface area contributed by atoms with Gasteiger partial charge >= 0.3 is 0 Å². The van der Waals surface area contributed by atoms with Crippen LogP contribution in [0.1, 0.15) is 0 Å². The summed E-state index contributed by atoms with van der Waals surface area (Å²) >= 11 is 6.58. The Hall–Kier alpha value is -1.07. The summed E-state index contributed by atoms with van der Waals surface area (Å²) in [6.07, 6.45) is 0. The number of rotatable bonds is 2. The van der Waals surface area contributed by atoms with E-state index in [0.717, 1.165) is 10.2 Å². The highest BCUT2D eigenvalue weighted by Crippen LogP contribution is 2.29. The zero-order chi connectivity index (χ0) is 12.4. The number of hydrogen-bond donors (Lipinski definition) is 2. The van der Waals surface area contributed by atoms with E-state index in [1.165, 1.54) is 6.07 Å². The van der Waals surface area contributed by atoms with Crippen molar-refractivity contribution >= 4 is 48.9 Å². The molecule has 0 radical (unpaired) electrons. The molecular weight excluding hydrogens is 351 g/mol. The minimum absolute atomic E-state index is 0.317. The van der Waals surface area contributed by atoms with Crippen LogP contribution in [-0.2, 0) is 0 Å². The molecular formula is C12H9Br2FN2. The van der Waals surface area contributed by atoms with Crippen molar-refractivity contribution < 1.29 is 4.39 Å². The number of benzene rings is 2. The topological polar surface area (TPSA) is 38.0 Å². The quantitative estimate of drug-likeness (QED) is 0.764. The number of halogens is 3. The summed E-state index contributed by atoms with van der Waals surface area (Å²) in [7, 11) is 0. The van der Waals surface area contributed by atoms with E-state index in [4.69, 9.17) is 5.73 Å². The van der Waals surface area contributed by atoms with E-state index < -0.39 is 0 Å². The van der Waals surface area contributed by atoms with Crippen LogP contribution in [0.4, 0.5) is 21.5 Å². The molecule has 3 N–H and O–H groups in total. The standard InChI is InChI=1S/C12H9Br2FN2/c13-7-1-3-12(10(15)5-7)17-11-4-2-8(16)6-9(11)14/h1-6,17H,16H2. The summed E-state index contributed by atoms with van der Waals surface area (Å²) in [6.45, 7) is 0. The summed E-state index contributed by atoms with van der Waals surface area (Å²) in [5.41, 5.74) is 7.46. The van der Waals surface area contributed by atoms with E-state index in [-0.39, 0.29) is 5.82 Å². The summed E-state index contributed by atoms with van der Waals surface area (Å²) in [5, 5.41) is 3.00. The van der Waals surface area contributed by atoms with Gasteiger partial charge in [-0.25, -0.2) is 4.39 Å². The molecule has 0 heterocycles. The van der Waals surface area contributed by atoms with Crippen molar-refractivity contribution in [1.82, 2.24) is 0 Å². The third-order valence-electron chi connectivity index (χ3n) is 2.19. The van der Waals surface area contributed by atoms with Gasteiger partial charge in [0.15, 0.2) is 0 Å². The van der Waals surface area contributed by atoms with Gasteiger partial charge in [-0.15, -0.1) is 0 Å². The molecule has 0 aliphatic rings. The molecule has 0 amide bonds. The highest BCUT2D eigenvalue weighted by Gasteiger charge is 2.05. The summed E-state index contributed by atoms with van der Waals surface area (Å²) in [6, 6.07) is 10.2. The van der Waals surface area contributed by atoms with Crippen molar-refractivity contribution in [2.45, 2.75) is 0 Å². The second-order valence-corrected chi connectivity index (χ2v) is 5.26. The molecule has 0 fully saturated rings. The van der Waals surface area contributed by atoms with E-state index in [1.807, 2.05) is 0 Å². The Labute approximate surface area is 115 Å². The predicted molar refractivity (Wildman–Crippen MR) is 75.9 cm³/mol. The lowest BCUT2D eigenvalue weighted by Crippen LogP contribution is -1.95. The van der Waals surface area contributed by atoms with Gasteiger partial charge in [0.25, 0.3) is 0 Å². The van der Waals surface area contributed by atoms with Crippen LogP contribution in [0.5, 0.6) is 0 Å². The van der Waals surface area contributed by atoms with Crippen LogP contribution in [0.15, 0.2) is 45.3 Å². The van der Waals surface area contributed by atoms with Crippen LogP contribution in [0.3, 0.4) is 0 Å². The lowest BCUT2D eigenvalue weighted by molar-refractivity contribution is 0.631. The Morgan fingerprint density at radius 3 is 2.35 bits per heavy atom. The van der Waals surface area contributed by atoms with Crippen molar-refractivity contribution in [3.8, 4) is 0 Å². The highest BCUT2D eigenvalue weighted by atomic mass is 79.9. The molecule has 2 aromatic rings. The van der Waals surface area contributed by atoms with E-state index >= 15 is 0 Å². The normalized spacial score (nSPS) is 10.3. The fourth-order valence-electron chi connectivity index (χ4n) is 1.37. The van der Waals surface area contributed by atoms with Crippen molar-refractivity contribution in [1.29, 1.82) is 0 Å². The molecule has 0 atom stereocenters. The Morgan fingerprint density at radius 1 is 1.00 bits per heavy atom. The molecule has 2 aromatic carbocycles. The Balaban J connectivity index is 2.31. The molecule has 88 valence electrons. The van der Waals surface area contributed by atoms with Crippen molar-refractivity contribution in [3.05, 3.63) is 51.2 Å². The van der Waals surface area contributed by atoms with Gasteiger partial charge in [-0.1, -0.05) is 15.9 Å². The van der Waals surface area contributed by atoms with Gasteiger partial charge < -0.3 is 11.1 Å². The summed E-state index contributed by atoms with van der Waals surface area (Å²) in [5.74, 6) is -0.317. The van der Waals surface area contributed by atoms with Gasteiger partial charge in [-0.05, 0) is 52.3 Å². The molecule has 0 saturated carbocycles. The van der Waals surface area contributed by atoms with Gasteiger partial charge in [0.1, 0.15) is 5.82 Å². The summed E-state index contributed by atoms with van der Waals surface area (Å²) < 4.78 is 15.1. The van der Waals surface area contributed by atoms with Gasteiger partial charge in [-0.3, -0.25) is 0 Å². The van der Waals surface area contributed by atoms with Crippen LogP contribution in [0, 0.1) is 5.82 Å². The average molecular weight is 360 g/mol. The molecule has 5 heteroatoms. The maximum absolute atomic E-state index is 13.6. The zero-order valence-corrected chi connectivity index (χ0v) is 11.8. The first-order chi connectivity index (χ1) is 8.06. The molecule has 17 heavy (non-hydrogen) atoms. The first-order valence-corrected chi connectivity index (χ1v) is 6.42. The maximum atomic E-state index is 13.6. The van der Waals surface area contributed by atoms with Gasteiger partial charge in [-0.2, -0.15) is 0 Å². The number of nitrogens with two attached hydrogens (primary N) is 1. The third-order valence-corrected chi connectivity index (χ3v) is 3.34. The average Bonchev–Trinajstić information content (AvgIpc) is 2.25. The number of anilines is 3. The second-order valence-electron chi connectivity index (χ2n) is 3.49. The largest absolute Gasteiger partial charge is 0.399 e. The molecule has 0 spiro atoms. The minimum Gasteiger partial charge on any atom is -0.399 e. The van der Waals surface area contributed by atoms with Crippen molar-refractivity contribution in [2.75, 3.05) is 11.1 Å². The molecule has 2 nitrogen and oxygen atoms in total. The molecule has 0 unspecified atom stereocenters. The van der Waals surface area contributed by atoms with E-state index in [9.17, 15) is 4.39 Å². The number of nitrogen functional groups attached to an aromatic ring is 1. The molecule has 0 aromatic heterocycles. The fourth-order valence-corrected chi connectivity index (χ4v) is 2.20. The third kappa shape index (κ3) is 2.98. The molecule has 0 aliphatic carbocycles. The number of nitrogens with one attached hydrogen (secondary N) is 1. The fraction of sp³-hybridized carbons (Fsp3) is 0. The van der Waals surface area contributed by atoms with Crippen LogP contribution < -0.4 is 11.1 Å². The molecule has 0 aliphatic heterocycles. The highest BCUT2D eigenvalue weighted by molar-refractivity contribution is 9.10. The SMILES string of the molecule is Nc1ccc(Nc2ccc(Br)cc2F)c(Br)c1. The van der Waals surface area contributed by atoms with E-state index in [2.05, 4.69) is 37.2 Å². The molecule has 0 bridgehead atoms. The van der Waals surface area contributed by atoms with Crippen molar-refractivity contribution in [3.63, 3.8) is 0 Å². The lowest BCUT2D eigenvalue weighted by atomic mass is 10.2. The Kier molecular flexibility index (Phi) is 3.69. The Bertz CT molecular complexity index is 509. The smallest absolute Gasteiger partial charge is 0.147 e. The predicted octanol–water partition coefficient (Wildman–Crippen LogP) is 4.68. The van der Waals surface area contributed by atoms with Crippen molar-refractivity contribution in [2.24, 2.45) is 0 Å². The van der Waals surface area contributed by atoms with Gasteiger partial charge in [0, 0.05) is 14.6 Å².